The number of amides is 1. The zero-order valence-corrected chi connectivity index (χ0v) is 25.0. The lowest BCUT2D eigenvalue weighted by molar-refractivity contribution is 0.101. The highest BCUT2D eigenvalue weighted by atomic mass is 35.5. The predicted molar refractivity (Wildman–Crippen MR) is 164 cm³/mol. The van der Waals surface area contributed by atoms with Gasteiger partial charge in [-0.15, -0.1) is 0 Å². The van der Waals surface area contributed by atoms with Crippen LogP contribution >= 0.6 is 23.2 Å². The molecule has 1 atom stereocenters. The average molecular weight is 608 g/mol. The Balaban J connectivity index is 1.28. The molecule has 218 valence electrons. The van der Waals surface area contributed by atoms with Crippen molar-refractivity contribution in [2.45, 2.75) is 32.0 Å². The molecule has 1 amide bonds. The number of nitrogens with zero attached hydrogens (tertiary/aromatic N) is 4. The SMILES string of the molecule is COc1nc(-c2cccc(-c3cccc(NC(=O)c4nc5c(n4C)CCNC5)c3Cl)c2Cl)ccc1CN1CC[C@@H](O)C1. The lowest BCUT2D eigenvalue weighted by Gasteiger charge is -2.18. The summed E-state index contributed by atoms with van der Waals surface area (Å²) in [5, 5.41) is 17.0. The van der Waals surface area contributed by atoms with Gasteiger partial charge in [0, 0.05) is 74.1 Å². The molecule has 2 aromatic heterocycles. The van der Waals surface area contributed by atoms with Crippen LogP contribution in [0.15, 0.2) is 48.5 Å². The Morgan fingerprint density at radius 1 is 1.10 bits per heavy atom. The third-order valence-electron chi connectivity index (χ3n) is 7.92. The monoisotopic (exact) mass is 606 g/mol. The Morgan fingerprint density at radius 3 is 2.60 bits per heavy atom. The summed E-state index contributed by atoms with van der Waals surface area (Å²) in [7, 11) is 3.46. The van der Waals surface area contributed by atoms with Gasteiger partial charge in [-0.25, -0.2) is 9.97 Å². The number of carbonyl (C=O) groups is 1. The molecule has 0 saturated carbocycles. The number of ether oxygens (including phenoxy) is 1. The number of imidazole rings is 1. The van der Waals surface area contributed by atoms with Crippen molar-refractivity contribution < 1.29 is 14.6 Å². The second-order valence-corrected chi connectivity index (χ2v) is 11.4. The summed E-state index contributed by atoms with van der Waals surface area (Å²) in [6, 6.07) is 15.1. The highest BCUT2D eigenvalue weighted by molar-refractivity contribution is 6.39. The summed E-state index contributed by atoms with van der Waals surface area (Å²) < 4.78 is 7.48. The topological polar surface area (TPSA) is 105 Å². The zero-order chi connectivity index (χ0) is 29.4. The number of carbonyl (C=O) groups excluding carboxylic acids is 1. The smallest absolute Gasteiger partial charge is 0.291 e. The van der Waals surface area contributed by atoms with Crippen LogP contribution in [-0.4, -0.2) is 63.3 Å². The van der Waals surface area contributed by atoms with Crippen molar-refractivity contribution in [1.82, 2.24) is 24.8 Å². The highest BCUT2D eigenvalue weighted by Gasteiger charge is 2.24. The van der Waals surface area contributed by atoms with Crippen LogP contribution in [0.2, 0.25) is 10.0 Å². The molecule has 3 N–H and O–H groups in total. The number of methoxy groups -OCH3 is 1. The molecular formula is C31H32Cl2N6O3. The van der Waals surface area contributed by atoms with Crippen LogP contribution in [0.1, 0.15) is 34.0 Å². The number of likely N-dealkylation sites (tertiary alicyclic amines) is 1. The van der Waals surface area contributed by atoms with E-state index in [0.717, 1.165) is 48.4 Å². The second-order valence-electron chi connectivity index (χ2n) is 10.6. The molecule has 2 aliphatic rings. The average Bonchev–Trinajstić information content (AvgIpc) is 3.57. The molecule has 9 nitrogen and oxygen atoms in total. The number of benzene rings is 2. The molecule has 4 heterocycles. The summed E-state index contributed by atoms with van der Waals surface area (Å²) in [5.41, 5.74) is 6.16. The first-order chi connectivity index (χ1) is 20.3. The maximum atomic E-state index is 13.2. The van der Waals surface area contributed by atoms with Gasteiger partial charge in [-0.05, 0) is 18.6 Å². The van der Waals surface area contributed by atoms with Gasteiger partial charge in [-0.3, -0.25) is 9.69 Å². The minimum atomic E-state index is -0.328. The van der Waals surface area contributed by atoms with Gasteiger partial charge in [0.25, 0.3) is 5.91 Å². The minimum absolute atomic E-state index is 0.291. The van der Waals surface area contributed by atoms with E-state index < -0.39 is 0 Å². The van der Waals surface area contributed by atoms with E-state index in [2.05, 4.69) is 20.5 Å². The number of aromatic nitrogens is 3. The number of β-amino-alcohol motifs (C(OH)–C–C–N with tert-alkyl or cyclic N) is 1. The Hall–Kier alpha value is -3.47. The summed E-state index contributed by atoms with van der Waals surface area (Å²) in [6.07, 6.45) is 1.30. The van der Waals surface area contributed by atoms with E-state index in [1.807, 2.05) is 54.1 Å². The van der Waals surface area contributed by atoms with E-state index in [-0.39, 0.29) is 12.0 Å². The Labute approximate surface area is 254 Å². The molecule has 0 spiro atoms. The molecular weight excluding hydrogens is 575 g/mol. The van der Waals surface area contributed by atoms with Crippen LogP contribution in [0.5, 0.6) is 5.88 Å². The fraction of sp³-hybridized carbons (Fsp3) is 0.323. The lowest BCUT2D eigenvalue weighted by atomic mass is 10.00. The van der Waals surface area contributed by atoms with Gasteiger partial charge in [-0.1, -0.05) is 59.6 Å². The predicted octanol–water partition coefficient (Wildman–Crippen LogP) is 4.93. The Morgan fingerprint density at radius 2 is 1.86 bits per heavy atom. The largest absolute Gasteiger partial charge is 0.481 e. The highest BCUT2D eigenvalue weighted by Crippen LogP contribution is 2.41. The summed E-state index contributed by atoms with van der Waals surface area (Å²) >= 11 is 13.9. The van der Waals surface area contributed by atoms with Gasteiger partial charge in [-0.2, -0.15) is 0 Å². The standard InChI is InChI=1S/C31H32Cl2N6O3/c1-38-26-11-13-34-15-25(26)35-29(38)30(41)36-24-8-4-6-21(28(24)33)20-5-3-7-22(27(20)32)23-10-9-18(31(37-23)42-2)16-39-14-12-19(40)17-39/h3-10,19,34,40H,11-17H2,1-2H3,(H,36,41)/t19-/m1/s1. The third-order valence-corrected chi connectivity index (χ3v) is 8.73. The van der Waals surface area contributed by atoms with Crippen LogP contribution in [0.25, 0.3) is 22.4 Å². The van der Waals surface area contributed by atoms with Crippen LogP contribution in [0.3, 0.4) is 0 Å². The molecule has 0 aliphatic carbocycles. The van der Waals surface area contributed by atoms with Gasteiger partial charge in [0.2, 0.25) is 5.88 Å². The van der Waals surface area contributed by atoms with E-state index in [1.165, 1.54) is 0 Å². The van der Waals surface area contributed by atoms with E-state index >= 15 is 0 Å². The number of hydrogen-bond donors (Lipinski definition) is 3. The summed E-state index contributed by atoms with van der Waals surface area (Å²) in [4.78, 5) is 24.8. The number of nitrogens with one attached hydrogen (secondary N) is 2. The molecule has 0 bridgehead atoms. The normalized spacial score (nSPS) is 16.8. The van der Waals surface area contributed by atoms with Gasteiger partial charge in [0.05, 0.1) is 40.3 Å². The van der Waals surface area contributed by atoms with Gasteiger partial charge in [0.15, 0.2) is 5.82 Å². The number of aliphatic hydroxyl groups is 1. The first-order valence-corrected chi connectivity index (χ1v) is 14.7. The first kappa shape index (κ1) is 28.6. The molecule has 2 aliphatic heterocycles. The van der Waals surface area contributed by atoms with Crippen LogP contribution in [-0.2, 0) is 26.6 Å². The minimum Gasteiger partial charge on any atom is -0.481 e. The molecule has 6 rings (SSSR count). The van der Waals surface area contributed by atoms with Crippen LogP contribution in [0, 0.1) is 0 Å². The number of rotatable bonds is 7. The van der Waals surface area contributed by atoms with Crippen LogP contribution < -0.4 is 15.4 Å². The van der Waals surface area contributed by atoms with Crippen molar-refractivity contribution in [2.24, 2.45) is 7.05 Å². The molecule has 42 heavy (non-hydrogen) atoms. The second kappa shape index (κ2) is 12.0. The lowest BCUT2D eigenvalue weighted by Crippen LogP contribution is -2.24. The fourth-order valence-electron chi connectivity index (χ4n) is 5.72. The van der Waals surface area contributed by atoms with Crippen molar-refractivity contribution in [3.05, 3.63) is 81.4 Å². The Kier molecular flexibility index (Phi) is 8.20. The van der Waals surface area contributed by atoms with E-state index in [0.29, 0.717) is 63.9 Å². The number of halogens is 2. The number of hydrogen-bond acceptors (Lipinski definition) is 7. The van der Waals surface area contributed by atoms with Crippen molar-refractivity contribution in [3.8, 4) is 28.3 Å². The van der Waals surface area contributed by atoms with E-state index in [9.17, 15) is 9.90 Å². The van der Waals surface area contributed by atoms with Crippen molar-refractivity contribution in [2.75, 3.05) is 32.1 Å². The number of aliphatic hydroxyl groups excluding tert-OH is 1. The molecule has 1 fully saturated rings. The van der Waals surface area contributed by atoms with E-state index in [1.54, 1.807) is 13.2 Å². The molecule has 2 aromatic carbocycles. The molecule has 11 heteroatoms. The van der Waals surface area contributed by atoms with Crippen molar-refractivity contribution in [1.29, 1.82) is 0 Å². The molecule has 4 aromatic rings. The van der Waals surface area contributed by atoms with Gasteiger partial charge >= 0.3 is 0 Å². The van der Waals surface area contributed by atoms with Crippen molar-refractivity contribution >= 4 is 34.8 Å². The molecule has 0 radical (unpaired) electrons. The Bertz CT molecular complexity index is 1660. The maximum Gasteiger partial charge on any atom is 0.291 e. The maximum absolute atomic E-state index is 13.2. The molecule has 1 saturated heterocycles. The summed E-state index contributed by atoms with van der Waals surface area (Å²) in [6.45, 7) is 3.62. The molecule has 0 unspecified atom stereocenters. The third kappa shape index (κ3) is 5.50. The van der Waals surface area contributed by atoms with Gasteiger partial charge in [0.1, 0.15) is 0 Å². The van der Waals surface area contributed by atoms with Crippen LogP contribution in [0.4, 0.5) is 5.69 Å². The first-order valence-electron chi connectivity index (χ1n) is 13.9. The number of anilines is 1. The zero-order valence-electron chi connectivity index (χ0n) is 23.5. The quantitative estimate of drug-likeness (QED) is 0.274. The van der Waals surface area contributed by atoms with Crippen molar-refractivity contribution in [3.63, 3.8) is 0 Å². The number of pyridine rings is 1. The fourth-order valence-corrected chi connectivity index (χ4v) is 6.32. The van der Waals surface area contributed by atoms with Gasteiger partial charge < -0.3 is 25.0 Å². The number of fused-ring (bicyclic) bond motifs is 1. The van der Waals surface area contributed by atoms with E-state index in [4.69, 9.17) is 32.9 Å². The summed E-state index contributed by atoms with van der Waals surface area (Å²) in [5.74, 6) is 0.532.